The number of nitrogens with one attached hydrogen (secondary N) is 1. The molecule has 1 amide bonds. The number of nitrogens with two attached hydrogens (primary N) is 1. The first-order chi connectivity index (χ1) is 12.6. The Morgan fingerprint density at radius 3 is 2.38 bits per heavy atom. The molecule has 3 aromatic carbocycles. The molecule has 0 bridgehead atoms. The first-order valence-corrected chi connectivity index (χ1v) is 8.01. The molecule has 0 radical (unpaired) electrons. The second kappa shape index (κ2) is 7.48. The summed E-state index contributed by atoms with van der Waals surface area (Å²) < 4.78 is 0. The monoisotopic (exact) mass is 347 g/mol. The first kappa shape index (κ1) is 17.2. The summed E-state index contributed by atoms with van der Waals surface area (Å²) in [5, 5.41) is 14.6. The van der Waals surface area contributed by atoms with Crippen molar-refractivity contribution in [2.45, 2.75) is 6.54 Å². The van der Waals surface area contributed by atoms with Crippen molar-refractivity contribution < 1.29 is 9.72 Å². The van der Waals surface area contributed by atoms with Gasteiger partial charge in [0.15, 0.2) is 0 Å². The standard InChI is InChI=1S/C20H17N3O3/c21-20(24)15-10-11-16(19(12-15)23(25)26)13-22-18-9-5-4-8-17(18)14-6-2-1-3-7-14/h1-12,22H,13H2,(H2,21,24). The molecule has 0 heterocycles. The summed E-state index contributed by atoms with van der Waals surface area (Å²) in [7, 11) is 0. The van der Waals surface area contributed by atoms with Gasteiger partial charge in [-0.1, -0.05) is 48.5 Å². The van der Waals surface area contributed by atoms with Gasteiger partial charge in [-0.2, -0.15) is 0 Å². The number of rotatable bonds is 6. The van der Waals surface area contributed by atoms with Crippen LogP contribution in [0.1, 0.15) is 15.9 Å². The van der Waals surface area contributed by atoms with Gasteiger partial charge in [0.2, 0.25) is 5.91 Å². The average Bonchev–Trinajstić information content (AvgIpc) is 2.67. The third-order valence-electron chi connectivity index (χ3n) is 4.05. The number of nitro benzene ring substituents is 1. The van der Waals surface area contributed by atoms with Crippen LogP contribution in [0.5, 0.6) is 0 Å². The second-order valence-corrected chi connectivity index (χ2v) is 5.73. The number of primary amides is 1. The molecule has 0 aliphatic heterocycles. The number of nitrogens with zero attached hydrogens (tertiary/aromatic N) is 1. The summed E-state index contributed by atoms with van der Waals surface area (Å²) in [6, 6.07) is 21.9. The molecule has 0 spiro atoms. The maximum Gasteiger partial charge on any atom is 0.275 e. The van der Waals surface area contributed by atoms with Crippen molar-refractivity contribution in [3.63, 3.8) is 0 Å². The molecule has 130 valence electrons. The van der Waals surface area contributed by atoms with Crippen LogP contribution in [0.2, 0.25) is 0 Å². The van der Waals surface area contributed by atoms with Gasteiger partial charge in [0.05, 0.1) is 4.92 Å². The molecular weight excluding hydrogens is 330 g/mol. The van der Waals surface area contributed by atoms with Gasteiger partial charge < -0.3 is 11.1 Å². The van der Waals surface area contributed by atoms with Crippen molar-refractivity contribution in [2.24, 2.45) is 5.73 Å². The van der Waals surface area contributed by atoms with E-state index in [0.717, 1.165) is 16.8 Å². The minimum atomic E-state index is -0.693. The number of hydrogen-bond donors (Lipinski definition) is 2. The zero-order chi connectivity index (χ0) is 18.5. The third kappa shape index (κ3) is 3.70. The average molecular weight is 347 g/mol. The van der Waals surface area contributed by atoms with Crippen LogP contribution in [0.4, 0.5) is 11.4 Å². The van der Waals surface area contributed by atoms with Gasteiger partial charge in [0.1, 0.15) is 0 Å². The molecule has 6 nitrogen and oxygen atoms in total. The van der Waals surface area contributed by atoms with Gasteiger partial charge in [-0.15, -0.1) is 0 Å². The van der Waals surface area contributed by atoms with E-state index in [0.29, 0.717) is 5.56 Å². The second-order valence-electron chi connectivity index (χ2n) is 5.73. The normalized spacial score (nSPS) is 10.3. The van der Waals surface area contributed by atoms with E-state index < -0.39 is 10.8 Å². The first-order valence-electron chi connectivity index (χ1n) is 8.01. The summed E-state index contributed by atoms with van der Waals surface area (Å²) in [5.74, 6) is -0.693. The number of para-hydroxylation sites is 1. The minimum absolute atomic E-state index is 0.116. The Morgan fingerprint density at radius 1 is 1.00 bits per heavy atom. The highest BCUT2D eigenvalue weighted by Gasteiger charge is 2.16. The van der Waals surface area contributed by atoms with Crippen LogP contribution in [0.15, 0.2) is 72.8 Å². The molecule has 0 aromatic heterocycles. The van der Waals surface area contributed by atoms with Crippen LogP contribution in [0, 0.1) is 10.1 Å². The fraction of sp³-hybridized carbons (Fsp3) is 0.0500. The molecule has 3 aromatic rings. The van der Waals surface area contributed by atoms with Gasteiger partial charge in [0, 0.05) is 35.0 Å². The Labute approximate surface area is 150 Å². The molecule has 0 saturated carbocycles. The predicted molar refractivity (Wildman–Crippen MR) is 101 cm³/mol. The van der Waals surface area contributed by atoms with Crippen LogP contribution in [0.25, 0.3) is 11.1 Å². The minimum Gasteiger partial charge on any atom is -0.380 e. The van der Waals surface area contributed by atoms with Gasteiger partial charge in [-0.05, 0) is 23.8 Å². The number of hydrogen-bond acceptors (Lipinski definition) is 4. The van der Waals surface area contributed by atoms with E-state index in [-0.39, 0.29) is 17.8 Å². The van der Waals surface area contributed by atoms with Gasteiger partial charge in [-0.25, -0.2) is 0 Å². The van der Waals surface area contributed by atoms with Crippen molar-refractivity contribution in [2.75, 3.05) is 5.32 Å². The molecule has 0 unspecified atom stereocenters. The largest absolute Gasteiger partial charge is 0.380 e. The van der Waals surface area contributed by atoms with Crippen molar-refractivity contribution >= 4 is 17.3 Å². The lowest BCUT2D eigenvalue weighted by Gasteiger charge is -2.13. The Kier molecular flexibility index (Phi) is 4.94. The number of anilines is 1. The van der Waals surface area contributed by atoms with Crippen LogP contribution < -0.4 is 11.1 Å². The summed E-state index contributed by atoms with van der Waals surface area (Å²) in [4.78, 5) is 22.1. The Bertz CT molecular complexity index is 956. The van der Waals surface area contributed by atoms with E-state index >= 15 is 0 Å². The van der Waals surface area contributed by atoms with E-state index in [9.17, 15) is 14.9 Å². The quantitative estimate of drug-likeness (QED) is 0.520. The number of nitro groups is 1. The highest BCUT2D eigenvalue weighted by Crippen LogP contribution is 2.29. The smallest absolute Gasteiger partial charge is 0.275 e. The molecule has 0 saturated heterocycles. The zero-order valence-corrected chi connectivity index (χ0v) is 13.9. The van der Waals surface area contributed by atoms with Gasteiger partial charge in [0.25, 0.3) is 5.69 Å². The maximum atomic E-state index is 11.3. The van der Waals surface area contributed by atoms with E-state index in [4.69, 9.17) is 5.73 Å². The fourth-order valence-corrected chi connectivity index (χ4v) is 2.73. The molecule has 26 heavy (non-hydrogen) atoms. The van der Waals surface area contributed by atoms with Gasteiger partial charge in [-0.3, -0.25) is 14.9 Å². The maximum absolute atomic E-state index is 11.3. The SMILES string of the molecule is NC(=O)c1ccc(CNc2ccccc2-c2ccccc2)c([N+](=O)[O-])c1. The molecular formula is C20H17N3O3. The zero-order valence-electron chi connectivity index (χ0n) is 13.9. The topological polar surface area (TPSA) is 98.3 Å². The Balaban J connectivity index is 1.89. The molecule has 3 N–H and O–H groups in total. The predicted octanol–water partition coefficient (Wildman–Crippen LogP) is 3.97. The lowest BCUT2D eigenvalue weighted by molar-refractivity contribution is -0.385. The van der Waals surface area contributed by atoms with Crippen molar-refractivity contribution in [3.8, 4) is 11.1 Å². The van der Waals surface area contributed by atoms with Crippen LogP contribution >= 0.6 is 0 Å². The van der Waals surface area contributed by atoms with Crippen LogP contribution in [0.3, 0.4) is 0 Å². The Hall–Kier alpha value is -3.67. The summed E-state index contributed by atoms with van der Waals surface area (Å²) >= 11 is 0. The summed E-state index contributed by atoms with van der Waals surface area (Å²) in [6.07, 6.45) is 0. The van der Waals surface area contributed by atoms with E-state index in [1.165, 1.54) is 12.1 Å². The molecule has 6 heteroatoms. The summed E-state index contributed by atoms with van der Waals surface area (Å²) in [6.45, 7) is 0.249. The molecule has 3 rings (SSSR count). The molecule has 0 atom stereocenters. The molecule has 0 aliphatic rings. The van der Waals surface area contributed by atoms with Crippen molar-refractivity contribution in [3.05, 3.63) is 94.0 Å². The number of benzene rings is 3. The van der Waals surface area contributed by atoms with E-state index in [1.54, 1.807) is 6.07 Å². The van der Waals surface area contributed by atoms with E-state index in [2.05, 4.69) is 5.32 Å². The highest BCUT2D eigenvalue weighted by atomic mass is 16.6. The van der Waals surface area contributed by atoms with E-state index in [1.807, 2.05) is 54.6 Å². The third-order valence-corrected chi connectivity index (χ3v) is 4.05. The van der Waals surface area contributed by atoms with Crippen molar-refractivity contribution in [1.82, 2.24) is 0 Å². The highest BCUT2D eigenvalue weighted by molar-refractivity contribution is 5.93. The fourth-order valence-electron chi connectivity index (χ4n) is 2.73. The number of carbonyl (C=O) groups excluding carboxylic acids is 1. The van der Waals surface area contributed by atoms with Crippen LogP contribution in [-0.4, -0.2) is 10.8 Å². The Morgan fingerprint density at radius 2 is 1.69 bits per heavy atom. The lowest BCUT2D eigenvalue weighted by Crippen LogP contribution is -2.12. The summed E-state index contributed by atoms with van der Waals surface area (Å²) in [5.41, 5.74) is 8.58. The lowest BCUT2D eigenvalue weighted by atomic mass is 10.0. The number of amides is 1. The molecule has 0 aliphatic carbocycles. The van der Waals surface area contributed by atoms with Gasteiger partial charge >= 0.3 is 0 Å². The van der Waals surface area contributed by atoms with Crippen molar-refractivity contribution in [1.29, 1.82) is 0 Å². The molecule has 0 fully saturated rings. The number of carbonyl (C=O) groups is 1. The van der Waals surface area contributed by atoms with Crippen LogP contribution in [-0.2, 0) is 6.54 Å².